The van der Waals surface area contributed by atoms with Crippen molar-refractivity contribution in [3.63, 3.8) is 0 Å². The van der Waals surface area contributed by atoms with Crippen molar-refractivity contribution in [3.8, 4) is 11.5 Å². The molecule has 0 saturated heterocycles. The predicted molar refractivity (Wildman–Crippen MR) is 100 cm³/mol. The molecule has 0 aliphatic carbocycles. The molecule has 8 nitrogen and oxygen atoms in total. The Morgan fingerprint density at radius 3 is 2.07 bits per heavy atom. The fourth-order valence-corrected chi connectivity index (χ4v) is 2.06. The van der Waals surface area contributed by atoms with Crippen molar-refractivity contribution in [1.29, 1.82) is 0 Å². The molecule has 0 saturated carbocycles. The lowest BCUT2D eigenvalue weighted by atomic mass is 10.2. The number of rotatable bonds is 9. The Kier molecular flexibility index (Phi) is 7.65. The number of nitrogens with two attached hydrogens (primary N) is 1. The highest BCUT2D eigenvalue weighted by Gasteiger charge is 2.04. The Bertz CT molecular complexity index is 773. The molecule has 27 heavy (non-hydrogen) atoms. The van der Waals surface area contributed by atoms with E-state index < -0.39 is 6.03 Å². The number of nitrogens with zero attached hydrogens (tertiary/aromatic N) is 1. The summed E-state index contributed by atoms with van der Waals surface area (Å²) >= 11 is 0. The van der Waals surface area contributed by atoms with Gasteiger partial charge in [-0.1, -0.05) is 0 Å². The summed E-state index contributed by atoms with van der Waals surface area (Å²) in [7, 11) is 1.34. The topological polar surface area (TPSA) is 112 Å². The lowest BCUT2D eigenvalue weighted by Gasteiger charge is -2.08. The molecule has 0 heterocycles. The van der Waals surface area contributed by atoms with E-state index in [0.717, 1.165) is 11.3 Å². The molecule has 2 amide bonds. The number of benzene rings is 2. The second kappa shape index (κ2) is 10.4. The van der Waals surface area contributed by atoms with Crippen LogP contribution in [-0.2, 0) is 4.74 Å². The van der Waals surface area contributed by atoms with E-state index in [-0.39, 0.29) is 5.97 Å². The number of ether oxygens (including phenoxy) is 3. The summed E-state index contributed by atoms with van der Waals surface area (Å²) in [4.78, 5) is 21.9. The number of hydrazone groups is 1. The fraction of sp³-hybridized carbons (Fsp3) is 0.211. The average molecular weight is 371 g/mol. The van der Waals surface area contributed by atoms with Crippen molar-refractivity contribution >= 4 is 18.2 Å². The summed E-state index contributed by atoms with van der Waals surface area (Å²) in [5.41, 5.74) is 8.31. The molecule has 142 valence electrons. The number of carbonyl (C=O) groups is 2. The third kappa shape index (κ3) is 7.07. The number of carbonyl (C=O) groups excluding carboxylic acids is 2. The van der Waals surface area contributed by atoms with Gasteiger partial charge >= 0.3 is 12.0 Å². The van der Waals surface area contributed by atoms with Gasteiger partial charge in [0.15, 0.2) is 0 Å². The van der Waals surface area contributed by atoms with Gasteiger partial charge in [-0.3, -0.25) is 0 Å². The van der Waals surface area contributed by atoms with Crippen LogP contribution >= 0.6 is 0 Å². The van der Waals surface area contributed by atoms with E-state index in [9.17, 15) is 9.59 Å². The molecule has 0 bridgehead atoms. The van der Waals surface area contributed by atoms with Gasteiger partial charge in [0, 0.05) is 6.42 Å². The van der Waals surface area contributed by atoms with Gasteiger partial charge in [-0.2, -0.15) is 5.10 Å². The molecule has 0 aromatic heterocycles. The summed E-state index contributed by atoms with van der Waals surface area (Å²) in [6.45, 7) is 0.984. The number of nitrogens with one attached hydrogen (secondary N) is 1. The smallest absolute Gasteiger partial charge is 0.337 e. The number of amides is 2. The van der Waals surface area contributed by atoms with E-state index >= 15 is 0 Å². The normalized spacial score (nSPS) is 10.4. The zero-order valence-corrected chi connectivity index (χ0v) is 14.9. The standard InChI is InChI=1S/C19H21N3O5/c1-25-18(23)15-5-9-17(10-6-15)27-12-2-11-26-16-7-3-14(4-8-16)13-21-22-19(20)24/h3-10,13H,2,11-12H2,1H3,(H3,20,22,24). The van der Waals surface area contributed by atoms with Gasteiger partial charge in [0.25, 0.3) is 0 Å². The summed E-state index contributed by atoms with van der Waals surface area (Å²) < 4.78 is 15.9. The van der Waals surface area contributed by atoms with Crippen molar-refractivity contribution < 1.29 is 23.8 Å². The monoisotopic (exact) mass is 371 g/mol. The highest BCUT2D eigenvalue weighted by atomic mass is 16.5. The number of esters is 1. The van der Waals surface area contributed by atoms with E-state index in [1.165, 1.54) is 13.3 Å². The summed E-state index contributed by atoms with van der Waals surface area (Å²) in [5.74, 6) is 1.02. The van der Waals surface area contributed by atoms with Crippen molar-refractivity contribution in [2.45, 2.75) is 6.42 Å². The van der Waals surface area contributed by atoms with Crippen LogP contribution in [0.2, 0.25) is 0 Å². The van der Waals surface area contributed by atoms with Gasteiger partial charge in [-0.25, -0.2) is 15.0 Å². The zero-order valence-electron chi connectivity index (χ0n) is 14.9. The van der Waals surface area contributed by atoms with Crippen LogP contribution in [-0.4, -0.2) is 38.5 Å². The Labute approximate surface area is 156 Å². The lowest BCUT2D eigenvalue weighted by molar-refractivity contribution is 0.0600. The molecule has 0 unspecified atom stereocenters. The van der Waals surface area contributed by atoms with Crippen LogP contribution in [0, 0.1) is 0 Å². The van der Waals surface area contributed by atoms with E-state index in [0.29, 0.717) is 30.9 Å². The van der Waals surface area contributed by atoms with Crippen molar-refractivity contribution in [3.05, 3.63) is 59.7 Å². The van der Waals surface area contributed by atoms with E-state index in [1.54, 1.807) is 48.5 Å². The molecule has 0 radical (unpaired) electrons. The van der Waals surface area contributed by atoms with Gasteiger partial charge in [-0.15, -0.1) is 0 Å². The second-order valence-electron chi connectivity index (χ2n) is 5.37. The molecule has 0 atom stereocenters. The van der Waals surface area contributed by atoms with Crippen LogP contribution in [0.15, 0.2) is 53.6 Å². The third-order valence-corrected chi connectivity index (χ3v) is 3.37. The number of methoxy groups -OCH3 is 1. The molecular weight excluding hydrogens is 350 g/mol. The van der Waals surface area contributed by atoms with Gasteiger partial charge in [-0.05, 0) is 54.1 Å². The molecule has 3 N–H and O–H groups in total. The minimum atomic E-state index is -0.715. The highest BCUT2D eigenvalue weighted by molar-refractivity contribution is 5.89. The molecule has 0 aliphatic rings. The van der Waals surface area contributed by atoms with Crippen LogP contribution in [0.25, 0.3) is 0 Å². The van der Waals surface area contributed by atoms with Crippen LogP contribution in [0.1, 0.15) is 22.3 Å². The Hall–Kier alpha value is -3.55. The number of primary amides is 1. The Morgan fingerprint density at radius 1 is 1.00 bits per heavy atom. The van der Waals surface area contributed by atoms with Crippen molar-refractivity contribution in [1.82, 2.24) is 5.43 Å². The highest BCUT2D eigenvalue weighted by Crippen LogP contribution is 2.14. The largest absolute Gasteiger partial charge is 0.493 e. The number of hydrogen-bond acceptors (Lipinski definition) is 6. The quantitative estimate of drug-likeness (QED) is 0.304. The van der Waals surface area contributed by atoms with Gasteiger partial charge in [0.1, 0.15) is 11.5 Å². The maximum absolute atomic E-state index is 11.4. The Balaban J connectivity index is 1.67. The minimum Gasteiger partial charge on any atom is -0.493 e. The maximum Gasteiger partial charge on any atom is 0.337 e. The first-order valence-electron chi connectivity index (χ1n) is 8.21. The first-order valence-corrected chi connectivity index (χ1v) is 8.21. The molecule has 2 aromatic rings. The molecule has 8 heteroatoms. The fourth-order valence-electron chi connectivity index (χ4n) is 2.06. The van der Waals surface area contributed by atoms with E-state index in [1.807, 2.05) is 0 Å². The van der Waals surface area contributed by atoms with Crippen LogP contribution in [0.5, 0.6) is 11.5 Å². The minimum absolute atomic E-state index is 0.378. The van der Waals surface area contributed by atoms with Crippen LogP contribution in [0.3, 0.4) is 0 Å². The molecule has 2 rings (SSSR count). The van der Waals surface area contributed by atoms with Crippen LogP contribution in [0.4, 0.5) is 4.79 Å². The predicted octanol–water partition coefficient (Wildman–Crippen LogP) is 2.32. The van der Waals surface area contributed by atoms with E-state index in [4.69, 9.17) is 15.2 Å². The van der Waals surface area contributed by atoms with Crippen molar-refractivity contribution in [2.75, 3.05) is 20.3 Å². The number of urea groups is 1. The molecule has 2 aromatic carbocycles. The lowest BCUT2D eigenvalue weighted by Crippen LogP contribution is -2.24. The SMILES string of the molecule is COC(=O)c1ccc(OCCCOc2ccc(C=NNC(N)=O)cc2)cc1. The molecular formula is C19H21N3O5. The summed E-state index contributed by atoms with van der Waals surface area (Å²) in [5, 5.41) is 3.67. The van der Waals surface area contributed by atoms with Crippen molar-refractivity contribution in [2.24, 2.45) is 10.8 Å². The summed E-state index contributed by atoms with van der Waals surface area (Å²) in [6, 6.07) is 13.3. The van der Waals surface area contributed by atoms with Crippen LogP contribution < -0.4 is 20.6 Å². The molecule has 0 aliphatic heterocycles. The first kappa shape index (κ1) is 19.8. The zero-order chi connectivity index (χ0) is 19.5. The summed E-state index contributed by atoms with van der Waals surface area (Å²) in [6.07, 6.45) is 2.18. The maximum atomic E-state index is 11.4. The molecule has 0 fully saturated rings. The first-order chi connectivity index (χ1) is 13.1. The number of hydrogen-bond donors (Lipinski definition) is 2. The molecule has 0 spiro atoms. The average Bonchev–Trinajstić information content (AvgIpc) is 2.68. The van der Waals surface area contributed by atoms with Gasteiger partial charge < -0.3 is 19.9 Å². The third-order valence-electron chi connectivity index (χ3n) is 3.37. The Morgan fingerprint density at radius 2 is 1.56 bits per heavy atom. The van der Waals surface area contributed by atoms with Gasteiger partial charge in [0.05, 0.1) is 32.1 Å². The second-order valence-corrected chi connectivity index (χ2v) is 5.37. The van der Waals surface area contributed by atoms with Gasteiger partial charge in [0.2, 0.25) is 0 Å². The van der Waals surface area contributed by atoms with E-state index in [2.05, 4.69) is 15.3 Å².